The molecule has 1 N–H and O–H groups in total. The van der Waals surface area contributed by atoms with Gasteiger partial charge in [0.05, 0.1) is 12.0 Å². The van der Waals surface area contributed by atoms with Gasteiger partial charge in [-0.2, -0.15) is 5.26 Å². The average molecular weight is 456 g/mol. The molecule has 2 atom stereocenters. The Morgan fingerprint density at radius 3 is 2.39 bits per heavy atom. The van der Waals surface area contributed by atoms with E-state index in [0.29, 0.717) is 33.7 Å². The summed E-state index contributed by atoms with van der Waals surface area (Å²) in [5.74, 6) is -0.832. The Kier molecular flexibility index (Phi) is 6.55. The zero-order valence-corrected chi connectivity index (χ0v) is 18.8. The first-order chi connectivity index (χ1) is 15.9. The van der Waals surface area contributed by atoms with E-state index in [1.807, 2.05) is 30.3 Å². The van der Waals surface area contributed by atoms with Gasteiger partial charge in [0.1, 0.15) is 0 Å². The van der Waals surface area contributed by atoms with Gasteiger partial charge in [-0.25, -0.2) is 0 Å². The van der Waals surface area contributed by atoms with Gasteiger partial charge in [-0.1, -0.05) is 73.1 Å². The Morgan fingerprint density at radius 2 is 1.76 bits per heavy atom. The van der Waals surface area contributed by atoms with Crippen LogP contribution in [0.25, 0.3) is 5.57 Å². The van der Waals surface area contributed by atoms with Gasteiger partial charge in [0.2, 0.25) is 0 Å². The molecule has 0 aliphatic heterocycles. The number of Topliss-reactive ketones (excluding diaryl/α,β-unsaturated/α-hetero) is 2. The number of fused-ring (bicyclic) bond motifs is 1. The van der Waals surface area contributed by atoms with Crippen LogP contribution in [0.2, 0.25) is 5.02 Å². The number of rotatable bonds is 6. The summed E-state index contributed by atoms with van der Waals surface area (Å²) in [5, 5.41) is 19.2. The van der Waals surface area contributed by atoms with E-state index in [0.717, 1.165) is 16.7 Å². The van der Waals surface area contributed by atoms with Crippen molar-refractivity contribution in [2.24, 2.45) is 5.92 Å². The summed E-state index contributed by atoms with van der Waals surface area (Å²) in [5.41, 5.74) is 4.68. The predicted octanol–water partition coefficient (Wildman–Crippen LogP) is 5.73. The Balaban J connectivity index is 1.89. The van der Waals surface area contributed by atoms with Crippen molar-refractivity contribution in [2.45, 2.75) is 25.9 Å². The van der Waals surface area contributed by atoms with Crippen LogP contribution in [0.15, 0.2) is 78.4 Å². The maximum absolute atomic E-state index is 13.6. The largest absolute Gasteiger partial charge is 0.374 e. The van der Waals surface area contributed by atoms with Crippen LogP contribution in [-0.2, 0) is 11.2 Å². The van der Waals surface area contributed by atoms with Gasteiger partial charge in [0, 0.05) is 22.6 Å². The predicted molar refractivity (Wildman–Crippen MR) is 128 cm³/mol. The first kappa shape index (κ1) is 22.7. The van der Waals surface area contributed by atoms with Gasteiger partial charge in [-0.3, -0.25) is 9.59 Å². The van der Waals surface area contributed by atoms with Crippen LogP contribution in [0.4, 0.5) is 0 Å². The number of carbonyl (C=O) groups excluding carboxylic acids is 2. The maximum atomic E-state index is 13.6. The average Bonchev–Trinajstić information content (AvgIpc) is 2.85. The number of aliphatic hydroxyl groups excluding tert-OH is 1. The highest BCUT2D eigenvalue weighted by Crippen LogP contribution is 2.42. The van der Waals surface area contributed by atoms with E-state index in [1.165, 1.54) is 0 Å². The Labute approximate surface area is 197 Å². The van der Waals surface area contributed by atoms with E-state index in [1.54, 1.807) is 55.5 Å². The number of nitrogens with zero attached hydrogens (tertiary/aromatic N) is 1. The third kappa shape index (κ3) is 4.39. The molecule has 0 aromatic heterocycles. The standard InChI is InChI=1S/C28H22ClNO3/c1-2-24(31)27-23(14-17-8-10-18(11-9-17)25(32)16-30)28(33)21-13-12-20(29)15-22(21)26(27)19-6-4-3-5-7-19/h3-13,15,23,25,32H,2,14H2,1H3. The number of carbonyl (C=O) groups is 2. The van der Waals surface area contributed by atoms with E-state index < -0.39 is 12.0 Å². The SMILES string of the molecule is CCC(=O)C1=C(c2ccccc2)c2cc(Cl)ccc2C(=O)C1Cc1ccc(C(O)C#N)cc1. The fourth-order valence-corrected chi connectivity index (χ4v) is 4.53. The minimum Gasteiger partial charge on any atom is -0.374 e. The fourth-order valence-electron chi connectivity index (χ4n) is 4.36. The van der Waals surface area contributed by atoms with Crippen molar-refractivity contribution in [2.75, 3.05) is 0 Å². The topological polar surface area (TPSA) is 78.2 Å². The molecule has 1 aliphatic carbocycles. The molecule has 0 saturated heterocycles. The molecule has 4 nitrogen and oxygen atoms in total. The zero-order chi connectivity index (χ0) is 23.5. The minimum atomic E-state index is -1.20. The van der Waals surface area contributed by atoms with Crippen LogP contribution >= 0.6 is 11.6 Å². The quantitative estimate of drug-likeness (QED) is 0.481. The molecule has 0 heterocycles. The van der Waals surface area contributed by atoms with Crippen molar-refractivity contribution >= 4 is 28.7 Å². The number of ketones is 2. The highest BCUT2D eigenvalue weighted by molar-refractivity contribution is 6.31. The minimum absolute atomic E-state index is 0.0747. The van der Waals surface area contributed by atoms with Crippen molar-refractivity contribution in [1.82, 2.24) is 0 Å². The molecule has 0 bridgehead atoms. The maximum Gasteiger partial charge on any atom is 0.171 e. The highest BCUT2D eigenvalue weighted by atomic mass is 35.5. The Bertz CT molecular complexity index is 1290. The van der Waals surface area contributed by atoms with Crippen molar-refractivity contribution in [1.29, 1.82) is 5.26 Å². The smallest absolute Gasteiger partial charge is 0.171 e. The second-order valence-corrected chi connectivity index (χ2v) is 8.45. The summed E-state index contributed by atoms with van der Waals surface area (Å²) < 4.78 is 0. The van der Waals surface area contributed by atoms with Crippen LogP contribution in [0.5, 0.6) is 0 Å². The molecule has 0 fully saturated rings. The third-order valence-corrected chi connectivity index (χ3v) is 6.23. The molecule has 33 heavy (non-hydrogen) atoms. The van der Waals surface area contributed by atoms with Crippen molar-refractivity contribution in [3.8, 4) is 6.07 Å². The molecule has 0 radical (unpaired) electrons. The van der Waals surface area contributed by atoms with E-state index in [2.05, 4.69) is 0 Å². The van der Waals surface area contributed by atoms with E-state index in [4.69, 9.17) is 16.9 Å². The molecule has 1 aliphatic rings. The molecule has 0 spiro atoms. The second kappa shape index (κ2) is 9.54. The Morgan fingerprint density at radius 1 is 1.06 bits per heavy atom. The van der Waals surface area contributed by atoms with Gasteiger partial charge in [-0.05, 0) is 52.4 Å². The van der Waals surface area contributed by atoms with Crippen LogP contribution in [0, 0.1) is 17.2 Å². The lowest BCUT2D eigenvalue weighted by Gasteiger charge is -2.29. The number of hydrogen-bond donors (Lipinski definition) is 1. The lowest BCUT2D eigenvalue weighted by molar-refractivity contribution is -0.115. The number of allylic oxidation sites excluding steroid dienone is 1. The molecule has 164 valence electrons. The van der Waals surface area contributed by atoms with Gasteiger partial charge >= 0.3 is 0 Å². The van der Waals surface area contributed by atoms with Crippen molar-refractivity contribution in [3.05, 3.63) is 111 Å². The van der Waals surface area contributed by atoms with Crippen molar-refractivity contribution in [3.63, 3.8) is 0 Å². The van der Waals surface area contributed by atoms with Crippen molar-refractivity contribution < 1.29 is 14.7 Å². The van der Waals surface area contributed by atoms with Gasteiger partial charge in [0.15, 0.2) is 17.7 Å². The molecule has 4 rings (SSSR count). The Hall–Kier alpha value is -3.52. The van der Waals surface area contributed by atoms with E-state index in [9.17, 15) is 14.7 Å². The van der Waals surface area contributed by atoms with Gasteiger partial charge < -0.3 is 5.11 Å². The van der Waals surface area contributed by atoms with Crippen LogP contribution in [0.3, 0.4) is 0 Å². The zero-order valence-electron chi connectivity index (χ0n) is 18.1. The van der Waals surface area contributed by atoms with Gasteiger partial charge in [0.25, 0.3) is 0 Å². The number of aliphatic hydroxyl groups is 1. The summed E-state index contributed by atoms with van der Waals surface area (Å²) in [4.78, 5) is 26.9. The lowest BCUT2D eigenvalue weighted by Crippen LogP contribution is -2.30. The summed E-state index contributed by atoms with van der Waals surface area (Å²) >= 11 is 6.29. The molecule has 3 aromatic carbocycles. The number of nitriles is 1. The summed E-state index contributed by atoms with van der Waals surface area (Å²) in [6, 6.07) is 23.5. The van der Waals surface area contributed by atoms with Gasteiger partial charge in [-0.15, -0.1) is 0 Å². The molecule has 3 aromatic rings. The number of halogens is 1. The molecule has 2 unspecified atom stereocenters. The monoisotopic (exact) mass is 455 g/mol. The van der Waals surface area contributed by atoms with Crippen LogP contribution in [0.1, 0.15) is 52.1 Å². The normalized spacial score (nSPS) is 16.2. The molecular weight excluding hydrogens is 434 g/mol. The fraction of sp³-hybridized carbons (Fsp3) is 0.179. The van der Waals surface area contributed by atoms with Crippen LogP contribution < -0.4 is 0 Å². The second-order valence-electron chi connectivity index (χ2n) is 8.02. The summed E-state index contributed by atoms with van der Waals surface area (Å²) in [6.45, 7) is 1.80. The molecule has 0 saturated carbocycles. The summed E-state index contributed by atoms with van der Waals surface area (Å²) in [6.07, 6.45) is -0.589. The van der Waals surface area contributed by atoms with E-state index in [-0.39, 0.29) is 18.0 Å². The third-order valence-electron chi connectivity index (χ3n) is 5.99. The number of benzene rings is 3. The summed E-state index contributed by atoms with van der Waals surface area (Å²) in [7, 11) is 0. The highest BCUT2D eigenvalue weighted by Gasteiger charge is 2.37. The van der Waals surface area contributed by atoms with E-state index >= 15 is 0 Å². The molecule has 0 amide bonds. The number of hydrogen-bond acceptors (Lipinski definition) is 4. The lowest BCUT2D eigenvalue weighted by atomic mass is 9.71. The van der Waals surface area contributed by atoms with Crippen LogP contribution in [-0.4, -0.2) is 16.7 Å². The molecule has 5 heteroatoms. The molecular formula is C28H22ClNO3. The first-order valence-electron chi connectivity index (χ1n) is 10.8. The first-order valence-corrected chi connectivity index (χ1v) is 11.2.